The maximum Gasteiger partial charge on any atom is 0.121 e. The molecule has 100 valence electrons. The van der Waals surface area contributed by atoms with Gasteiger partial charge in [0.05, 0.1) is 18.5 Å². The molecule has 2 aromatic carbocycles. The summed E-state index contributed by atoms with van der Waals surface area (Å²) in [4.78, 5) is 0. The molecule has 0 aliphatic rings. The van der Waals surface area contributed by atoms with Gasteiger partial charge in [-0.2, -0.15) is 0 Å². The van der Waals surface area contributed by atoms with E-state index in [4.69, 9.17) is 10.5 Å². The molecule has 0 saturated heterocycles. The Balaban J connectivity index is 2.31. The second-order valence-corrected chi connectivity index (χ2v) is 5.15. The minimum Gasteiger partial charge on any atom is -0.497 e. The van der Waals surface area contributed by atoms with Crippen LogP contribution in [0.4, 0.5) is 17.1 Å². The van der Waals surface area contributed by atoms with E-state index in [1.807, 2.05) is 30.3 Å². The van der Waals surface area contributed by atoms with E-state index in [0.29, 0.717) is 5.69 Å². The number of ether oxygens (including phenoxy) is 1. The number of benzene rings is 2. The molecule has 19 heavy (non-hydrogen) atoms. The van der Waals surface area contributed by atoms with Crippen molar-refractivity contribution in [3.8, 4) is 5.75 Å². The summed E-state index contributed by atoms with van der Waals surface area (Å²) in [5, 5.41) is 3.37. The Kier molecular flexibility index (Phi) is 4.32. The molecular weight excluding hydrogens is 304 g/mol. The van der Waals surface area contributed by atoms with E-state index in [-0.39, 0.29) is 0 Å². The molecule has 0 aliphatic heterocycles. The van der Waals surface area contributed by atoms with Crippen molar-refractivity contribution in [1.29, 1.82) is 0 Å². The summed E-state index contributed by atoms with van der Waals surface area (Å²) >= 11 is 3.49. The second-order valence-electron chi connectivity index (χ2n) is 4.23. The Morgan fingerprint density at radius 1 is 1.16 bits per heavy atom. The van der Waals surface area contributed by atoms with Crippen molar-refractivity contribution < 1.29 is 4.74 Å². The molecule has 3 N–H and O–H groups in total. The average molecular weight is 321 g/mol. The van der Waals surface area contributed by atoms with Crippen LogP contribution < -0.4 is 15.8 Å². The number of methoxy groups -OCH3 is 1. The summed E-state index contributed by atoms with van der Waals surface area (Å²) in [7, 11) is 1.63. The zero-order valence-electron chi connectivity index (χ0n) is 11.0. The van der Waals surface area contributed by atoms with Crippen LogP contribution in [-0.2, 0) is 6.42 Å². The number of halogens is 1. The molecule has 0 fully saturated rings. The van der Waals surface area contributed by atoms with Gasteiger partial charge in [-0.25, -0.2) is 0 Å². The lowest BCUT2D eigenvalue weighted by molar-refractivity contribution is 0.415. The van der Waals surface area contributed by atoms with Gasteiger partial charge in [0.2, 0.25) is 0 Å². The maximum atomic E-state index is 6.01. The van der Waals surface area contributed by atoms with Gasteiger partial charge in [-0.05, 0) is 42.3 Å². The van der Waals surface area contributed by atoms with Crippen molar-refractivity contribution >= 4 is 33.0 Å². The Morgan fingerprint density at radius 3 is 2.53 bits per heavy atom. The number of nitrogen functional groups attached to an aromatic ring is 1. The highest BCUT2D eigenvalue weighted by Gasteiger charge is 2.05. The van der Waals surface area contributed by atoms with Crippen LogP contribution in [0.2, 0.25) is 0 Å². The largest absolute Gasteiger partial charge is 0.497 e. The van der Waals surface area contributed by atoms with Crippen molar-refractivity contribution in [2.24, 2.45) is 0 Å². The summed E-state index contributed by atoms with van der Waals surface area (Å²) in [5.41, 5.74) is 9.88. The highest BCUT2D eigenvalue weighted by Crippen LogP contribution is 2.30. The fraction of sp³-hybridized carbons (Fsp3) is 0.200. The van der Waals surface area contributed by atoms with E-state index >= 15 is 0 Å². The van der Waals surface area contributed by atoms with Crippen molar-refractivity contribution in [3.63, 3.8) is 0 Å². The SMILES string of the molecule is CCc1cc(Br)ccc1Nc1ccc(OC)cc1N. The molecule has 2 aromatic rings. The highest BCUT2D eigenvalue weighted by atomic mass is 79.9. The Morgan fingerprint density at radius 2 is 1.89 bits per heavy atom. The first-order valence-corrected chi connectivity index (χ1v) is 6.92. The molecule has 0 saturated carbocycles. The van der Waals surface area contributed by atoms with Crippen molar-refractivity contribution in [2.75, 3.05) is 18.2 Å². The van der Waals surface area contributed by atoms with Crippen LogP contribution in [0.15, 0.2) is 40.9 Å². The van der Waals surface area contributed by atoms with Gasteiger partial charge in [-0.1, -0.05) is 22.9 Å². The molecule has 0 aliphatic carbocycles. The van der Waals surface area contributed by atoms with Crippen LogP contribution in [0.25, 0.3) is 0 Å². The fourth-order valence-electron chi connectivity index (χ4n) is 1.90. The molecule has 0 radical (unpaired) electrons. The molecule has 0 atom stereocenters. The summed E-state index contributed by atoms with van der Waals surface area (Å²) in [6, 6.07) is 11.8. The average Bonchev–Trinajstić information content (AvgIpc) is 2.42. The van der Waals surface area contributed by atoms with Crippen molar-refractivity contribution in [1.82, 2.24) is 0 Å². The third-order valence-corrected chi connectivity index (χ3v) is 3.47. The highest BCUT2D eigenvalue weighted by molar-refractivity contribution is 9.10. The van der Waals surface area contributed by atoms with E-state index in [2.05, 4.69) is 34.2 Å². The summed E-state index contributed by atoms with van der Waals surface area (Å²) in [5.74, 6) is 0.759. The lowest BCUT2D eigenvalue weighted by atomic mass is 10.1. The molecule has 2 rings (SSSR count). The van der Waals surface area contributed by atoms with Crippen LogP contribution in [0, 0.1) is 0 Å². The monoisotopic (exact) mass is 320 g/mol. The van der Waals surface area contributed by atoms with Gasteiger partial charge in [0.1, 0.15) is 5.75 Å². The van der Waals surface area contributed by atoms with Gasteiger partial charge >= 0.3 is 0 Å². The molecule has 0 heterocycles. The topological polar surface area (TPSA) is 47.3 Å². The molecule has 0 amide bonds. The number of nitrogens with one attached hydrogen (secondary N) is 1. The first-order valence-electron chi connectivity index (χ1n) is 6.13. The van der Waals surface area contributed by atoms with Gasteiger partial charge in [-0.3, -0.25) is 0 Å². The van der Waals surface area contributed by atoms with Gasteiger partial charge in [0, 0.05) is 16.2 Å². The van der Waals surface area contributed by atoms with Crippen LogP contribution in [-0.4, -0.2) is 7.11 Å². The molecule has 0 spiro atoms. The van der Waals surface area contributed by atoms with Crippen LogP contribution in [0.1, 0.15) is 12.5 Å². The zero-order chi connectivity index (χ0) is 13.8. The number of nitrogens with two attached hydrogens (primary N) is 1. The Labute approximate surface area is 121 Å². The van der Waals surface area contributed by atoms with Crippen molar-refractivity contribution in [3.05, 3.63) is 46.4 Å². The third-order valence-electron chi connectivity index (χ3n) is 2.98. The first kappa shape index (κ1) is 13.7. The van der Waals surface area contributed by atoms with Crippen LogP contribution in [0.5, 0.6) is 5.75 Å². The van der Waals surface area contributed by atoms with Gasteiger partial charge < -0.3 is 15.8 Å². The van der Waals surface area contributed by atoms with Gasteiger partial charge in [-0.15, -0.1) is 0 Å². The minimum absolute atomic E-state index is 0.671. The predicted molar refractivity (Wildman–Crippen MR) is 84.2 cm³/mol. The predicted octanol–water partition coefficient (Wildman–Crippen LogP) is 4.35. The van der Waals surface area contributed by atoms with E-state index in [0.717, 1.165) is 28.0 Å². The second kappa shape index (κ2) is 5.97. The van der Waals surface area contributed by atoms with E-state index < -0.39 is 0 Å². The standard InChI is InChI=1S/C15H17BrN2O/c1-3-10-8-11(16)4-6-14(10)18-15-7-5-12(19-2)9-13(15)17/h4-9,18H,3,17H2,1-2H3. The fourth-order valence-corrected chi connectivity index (χ4v) is 2.31. The zero-order valence-corrected chi connectivity index (χ0v) is 12.6. The lowest BCUT2D eigenvalue weighted by Crippen LogP contribution is -1.99. The van der Waals surface area contributed by atoms with Gasteiger partial charge in [0.15, 0.2) is 0 Å². The van der Waals surface area contributed by atoms with Gasteiger partial charge in [0.25, 0.3) is 0 Å². The first-order chi connectivity index (χ1) is 9.13. The normalized spacial score (nSPS) is 10.3. The number of rotatable bonds is 4. The Hall–Kier alpha value is -1.68. The Bertz CT molecular complexity index is 584. The maximum absolute atomic E-state index is 6.01. The molecule has 4 heteroatoms. The van der Waals surface area contributed by atoms with Crippen LogP contribution in [0.3, 0.4) is 0 Å². The summed E-state index contributed by atoms with van der Waals surface area (Å²) in [6.45, 7) is 2.13. The van der Waals surface area contributed by atoms with E-state index in [9.17, 15) is 0 Å². The number of hydrogen-bond acceptors (Lipinski definition) is 3. The number of hydrogen-bond donors (Lipinski definition) is 2. The number of anilines is 3. The van der Waals surface area contributed by atoms with E-state index in [1.54, 1.807) is 7.11 Å². The smallest absolute Gasteiger partial charge is 0.121 e. The molecule has 0 bridgehead atoms. The molecule has 0 aromatic heterocycles. The molecule has 0 unspecified atom stereocenters. The van der Waals surface area contributed by atoms with Crippen molar-refractivity contribution in [2.45, 2.75) is 13.3 Å². The summed E-state index contributed by atoms with van der Waals surface area (Å²) in [6.07, 6.45) is 0.956. The quantitative estimate of drug-likeness (QED) is 0.823. The number of aryl methyl sites for hydroxylation is 1. The third kappa shape index (κ3) is 3.20. The molecule has 3 nitrogen and oxygen atoms in total. The van der Waals surface area contributed by atoms with Crippen LogP contribution >= 0.6 is 15.9 Å². The van der Waals surface area contributed by atoms with E-state index in [1.165, 1.54) is 5.56 Å². The summed E-state index contributed by atoms with van der Waals surface area (Å²) < 4.78 is 6.23. The minimum atomic E-state index is 0.671. The lowest BCUT2D eigenvalue weighted by Gasteiger charge is -2.14. The molecular formula is C15H17BrN2O.